The predicted molar refractivity (Wildman–Crippen MR) is 116 cm³/mol. The topological polar surface area (TPSA) is 261 Å². The fourth-order valence-corrected chi connectivity index (χ4v) is 2.66. The first kappa shape index (κ1) is 33.7. The molecule has 0 heterocycles. The lowest BCUT2D eigenvalue weighted by Gasteiger charge is -2.23. The number of hydrogen-bond acceptors (Lipinski definition) is 12. The number of aliphatic carboxylic acids is 4. The first-order chi connectivity index (χ1) is 16.9. The third-order valence-electron chi connectivity index (χ3n) is 4.60. The number of esters is 2. The smallest absolute Gasteiger partial charge is 0.336 e. The fraction of sp³-hybridized carbons (Fsp3) is 0.714. The molecule has 0 aromatic heterocycles. The maximum absolute atomic E-state index is 11.9. The third kappa shape index (κ3) is 13.5. The van der Waals surface area contributed by atoms with E-state index in [0.717, 1.165) is 0 Å². The van der Waals surface area contributed by atoms with Gasteiger partial charge in [0, 0.05) is 0 Å². The van der Waals surface area contributed by atoms with Crippen LogP contribution >= 0.6 is 0 Å². The molecule has 0 aliphatic carbocycles. The van der Waals surface area contributed by atoms with Gasteiger partial charge in [-0.1, -0.05) is 0 Å². The number of carbonyl (C=O) groups is 6. The van der Waals surface area contributed by atoms with Gasteiger partial charge in [0.15, 0.2) is 11.2 Å². The largest absolute Gasteiger partial charge is 0.481 e. The van der Waals surface area contributed by atoms with Gasteiger partial charge in [0.1, 0.15) is 12.7 Å². The van der Waals surface area contributed by atoms with Gasteiger partial charge < -0.3 is 49.6 Å². The first-order valence-electron chi connectivity index (χ1n) is 10.8. The summed E-state index contributed by atoms with van der Waals surface area (Å²) in [4.78, 5) is 67.2. The average Bonchev–Trinajstić information content (AvgIpc) is 2.73. The molecule has 0 spiro atoms. The van der Waals surface area contributed by atoms with E-state index < -0.39 is 91.0 Å². The Morgan fingerprint density at radius 2 is 0.973 bits per heavy atom. The van der Waals surface area contributed by atoms with E-state index in [1.807, 2.05) is 0 Å². The quantitative estimate of drug-likeness (QED) is 0.103. The lowest BCUT2D eigenvalue weighted by molar-refractivity contribution is -0.175. The van der Waals surface area contributed by atoms with Gasteiger partial charge in [0.25, 0.3) is 0 Å². The number of carbonyl (C=O) groups excluding carboxylic acids is 2. The van der Waals surface area contributed by atoms with Gasteiger partial charge in [-0.3, -0.25) is 19.2 Å². The van der Waals surface area contributed by atoms with E-state index in [0.29, 0.717) is 0 Å². The molecule has 0 aliphatic heterocycles. The highest BCUT2D eigenvalue weighted by atomic mass is 16.6. The number of aliphatic hydroxyl groups is 2. The fourth-order valence-electron chi connectivity index (χ4n) is 2.66. The Morgan fingerprint density at radius 3 is 1.38 bits per heavy atom. The van der Waals surface area contributed by atoms with Crippen molar-refractivity contribution < 1.29 is 78.4 Å². The molecule has 212 valence electrons. The third-order valence-corrected chi connectivity index (χ3v) is 4.60. The van der Waals surface area contributed by atoms with E-state index >= 15 is 0 Å². The van der Waals surface area contributed by atoms with Crippen molar-refractivity contribution in [1.29, 1.82) is 0 Å². The van der Waals surface area contributed by atoms with Crippen LogP contribution in [0.15, 0.2) is 0 Å². The van der Waals surface area contributed by atoms with Gasteiger partial charge in [-0.05, 0) is 20.8 Å². The molecule has 0 aromatic rings. The van der Waals surface area contributed by atoms with Crippen molar-refractivity contribution in [2.75, 3.05) is 19.8 Å². The van der Waals surface area contributed by atoms with Crippen molar-refractivity contribution in [1.82, 2.24) is 0 Å². The highest BCUT2D eigenvalue weighted by molar-refractivity contribution is 5.89. The summed E-state index contributed by atoms with van der Waals surface area (Å²) in [6, 6.07) is 0. The summed E-state index contributed by atoms with van der Waals surface area (Å²) < 4.78 is 20.5. The van der Waals surface area contributed by atoms with Crippen LogP contribution in [-0.2, 0) is 47.7 Å². The summed E-state index contributed by atoms with van der Waals surface area (Å²) in [6.07, 6.45) is -6.75. The molecule has 5 atom stereocenters. The minimum atomic E-state index is -2.83. The van der Waals surface area contributed by atoms with Crippen LogP contribution in [0.25, 0.3) is 0 Å². The van der Waals surface area contributed by atoms with E-state index in [1.54, 1.807) is 6.92 Å². The summed E-state index contributed by atoms with van der Waals surface area (Å²) >= 11 is 0. The summed E-state index contributed by atoms with van der Waals surface area (Å²) in [7, 11) is 0. The Balaban J connectivity index is 4.43. The molecule has 0 rings (SSSR count). The van der Waals surface area contributed by atoms with Crippen molar-refractivity contribution in [3.05, 3.63) is 0 Å². The van der Waals surface area contributed by atoms with E-state index in [2.05, 4.69) is 0 Å². The predicted octanol–water partition coefficient (Wildman–Crippen LogP) is -1.37. The van der Waals surface area contributed by atoms with E-state index in [9.17, 15) is 39.0 Å². The van der Waals surface area contributed by atoms with Gasteiger partial charge in [-0.2, -0.15) is 0 Å². The van der Waals surface area contributed by atoms with Gasteiger partial charge >= 0.3 is 35.8 Å². The molecule has 0 saturated carbocycles. The molecule has 0 bridgehead atoms. The highest BCUT2D eigenvalue weighted by Crippen LogP contribution is 2.18. The number of rotatable bonds is 19. The summed E-state index contributed by atoms with van der Waals surface area (Å²) in [6.45, 7) is 3.96. The normalized spacial score (nSPS) is 16.8. The molecule has 0 fully saturated rings. The number of carboxylic acid groups (broad SMARTS) is 4. The zero-order valence-electron chi connectivity index (χ0n) is 20.4. The van der Waals surface area contributed by atoms with Gasteiger partial charge in [-0.25, -0.2) is 9.59 Å². The summed E-state index contributed by atoms with van der Waals surface area (Å²) in [5, 5.41) is 55.0. The summed E-state index contributed by atoms with van der Waals surface area (Å²) in [5.74, 6) is -9.32. The molecule has 6 N–H and O–H groups in total. The molecule has 37 heavy (non-hydrogen) atoms. The molecular weight excluding hydrogens is 508 g/mol. The number of hydrogen-bond donors (Lipinski definition) is 6. The van der Waals surface area contributed by atoms with Crippen LogP contribution in [0.1, 0.15) is 46.5 Å². The minimum absolute atomic E-state index is 0.0329. The van der Waals surface area contributed by atoms with E-state index in [4.69, 9.17) is 39.4 Å². The Morgan fingerprint density at radius 1 is 0.595 bits per heavy atom. The van der Waals surface area contributed by atoms with Crippen molar-refractivity contribution >= 4 is 35.8 Å². The SMILES string of the molecule is CC(COC(=O)CC(O)(CC(=O)O)C(=O)O)OCC(C)OCC(C)OC(=O)CC(O)(CC(=O)O)C(=O)O. The second-order valence-corrected chi connectivity index (χ2v) is 8.44. The zero-order valence-corrected chi connectivity index (χ0v) is 20.4. The van der Waals surface area contributed by atoms with Crippen LogP contribution in [-0.4, -0.2) is 116 Å². The Kier molecular flexibility index (Phi) is 13.7. The maximum atomic E-state index is 11.9. The van der Waals surface area contributed by atoms with Crippen LogP contribution in [0.4, 0.5) is 0 Å². The molecule has 0 amide bonds. The lowest BCUT2D eigenvalue weighted by atomic mass is 9.96. The van der Waals surface area contributed by atoms with Crippen LogP contribution < -0.4 is 0 Å². The summed E-state index contributed by atoms with van der Waals surface area (Å²) in [5.41, 5.74) is -5.65. The average molecular weight is 540 g/mol. The zero-order chi connectivity index (χ0) is 29.0. The monoisotopic (exact) mass is 540 g/mol. The molecular formula is C21H32O16. The molecule has 0 saturated heterocycles. The second-order valence-electron chi connectivity index (χ2n) is 8.44. The van der Waals surface area contributed by atoms with Crippen LogP contribution in [0.5, 0.6) is 0 Å². The van der Waals surface area contributed by atoms with Crippen LogP contribution in [0.3, 0.4) is 0 Å². The molecule has 0 aliphatic rings. The first-order valence-corrected chi connectivity index (χ1v) is 10.8. The maximum Gasteiger partial charge on any atom is 0.336 e. The molecule has 5 unspecified atom stereocenters. The number of carboxylic acids is 4. The molecule has 0 aromatic carbocycles. The van der Waals surface area contributed by atoms with Crippen molar-refractivity contribution in [3.63, 3.8) is 0 Å². The highest BCUT2D eigenvalue weighted by Gasteiger charge is 2.42. The van der Waals surface area contributed by atoms with E-state index in [1.165, 1.54) is 13.8 Å². The second kappa shape index (κ2) is 15.0. The minimum Gasteiger partial charge on any atom is -0.481 e. The lowest BCUT2D eigenvalue weighted by Crippen LogP contribution is -2.43. The number of ether oxygens (including phenoxy) is 4. The van der Waals surface area contributed by atoms with Crippen LogP contribution in [0, 0.1) is 0 Å². The van der Waals surface area contributed by atoms with Gasteiger partial charge in [-0.15, -0.1) is 0 Å². The Hall–Kier alpha value is -3.34. The molecule has 16 nitrogen and oxygen atoms in total. The van der Waals surface area contributed by atoms with E-state index in [-0.39, 0.29) is 19.8 Å². The van der Waals surface area contributed by atoms with Crippen molar-refractivity contribution in [2.24, 2.45) is 0 Å². The Bertz CT molecular complexity index is 840. The van der Waals surface area contributed by atoms with Crippen molar-refractivity contribution in [3.8, 4) is 0 Å². The van der Waals surface area contributed by atoms with Gasteiger partial charge in [0.2, 0.25) is 0 Å². The van der Waals surface area contributed by atoms with Crippen molar-refractivity contribution in [2.45, 2.75) is 76.0 Å². The van der Waals surface area contributed by atoms with Gasteiger partial charge in [0.05, 0.1) is 51.1 Å². The molecule has 16 heteroatoms. The van der Waals surface area contributed by atoms with Crippen LogP contribution in [0.2, 0.25) is 0 Å². The molecule has 0 radical (unpaired) electrons. The Labute approximate surface area is 210 Å². The standard InChI is InChI=1S/C21H32O16/c1-11(35-10-13(3)37-17(27)7-21(33,19(30)31)5-15(24)25)8-34-12(2)9-36-16(26)6-20(32,18(28)29)4-14(22)23/h11-13,32-33H,4-10H2,1-3H3,(H,22,23)(H,24,25)(H,28,29)(H,30,31).